The van der Waals surface area contributed by atoms with Gasteiger partial charge in [0.15, 0.2) is 0 Å². The molecule has 5 nitrogen and oxygen atoms in total. The van der Waals surface area contributed by atoms with E-state index in [4.69, 9.17) is 4.74 Å². The van der Waals surface area contributed by atoms with Crippen LogP contribution in [0.5, 0.6) is 5.75 Å². The van der Waals surface area contributed by atoms with Crippen LogP contribution in [0.3, 0.4) is 0 Å². The second-order valence-electron chi connectivity index (χ2n) is 5.76. The number of hydrogen-bond acceptors (Lipinski definition) is 4. The Morgan fingerprint density at radius 1 is 1.16 bits per heavy atom. The molecule has 0 saturated heterocycles. The number of aliphatic hydroxyl groups is 1. The SMILES string of the molecule is O=c1ccc2cc(OCC(O)CNCc3ccccc3F)ccc2[nH]1. The van der Waals surface area contributed by atoms with Gasteiger partial charge in [0.1, 0.15) is 24.3 Å². The van der Waals surface area contributed by atoms with Gasteiger partial charge in [0.2, 0.25) is 5.56 Å². The van der Waals surface area contributed by atoms with Crippen molar-refractivity contribution in [2.45, 2.75) is 12.6 Å². The highest BCUT2D eigenvalue weighted by molar-refractivity contribution is 5.79. The maximum atomic E-state index is 13.5. The molecule has 1 aromatic heterocycles. The molecule has 3 N–H and O–H groups in total. The van der Waals surface area contributed by atoms with Gasteiger partial charge in [-0.05, 0) is 30.3 Å². The number of aromatic nitrogens is 1. The molecule has 0 fully saturated rings. The first-order valence-corrected chi connectivity index (χ1v) is 8.00. The summed E-state index contributed by atoms with van der Waals surface area (Å²) in [7, 11) is 0. The van der Waals surface area contributed by atoms with Gasteiger partial charge < -0.3 is 20.1 Å². The molecule has 1 atom stereocenters. The lowest BCUT2D eigenvalue weighted by Crippen LogP contribution is -2.31. The fraction of sp³-hybridized carbons (Fsp3) is 0.211. The number of H-pyrrole nitrogens is 1. The minimum Gasteiger partial charge on any atom is -0.491 e. The molecule has 25 heavy (non-hydrogen) atoms. The summed E-state index contributed by atoms with van der Waals surface area (Å²) in [5, 5.41) is 13.8. The molecular weight excluding hydrogens is 323 g/mol. The van der Waals surface area contributed by atoms with Gasteiger partial charge in [-0.2, -0.15) is 0 Å². The number of rotatable bonds is 7. The van der Waals surface area contributed by atoms with Crippen LogP contribution in [-0.2, 0) is 6.54 Å². The first-order chi connectivity index (χ1) is 12.1. The number of fused-ring (bicyclic) bond motifs is 1. The number of aromatic amines is 1. The maximum absolute atomic E-state index is 13.5. The van der Waals surface area contributed by atoms with Gasteiger partial charge in [-0.1, -0.05) is 18.2 Å². The summed E-state index contributed by atoms with van der Waals surface area (Å²) in [5.74, 6) is 0.336. The lowest BCUT2D eigenvalue weighted by molar-refractivity contribution is 0.106. The number of aliphatic hydroxyl groups excluding tert-OH is 1. The van der Waals surface area contributed by atoms with Crippen molar-refractivity contribution in [1.29, 1.82) is 0 Å². The van der Waals surface area contributed by atoms with Crippen molar-refractivity contribution >= 4 is 10.9 Å². The maximum Gasteiger partial charge on any atom is 0.248 e. The molecule has 0 spiro atoms. The van der Waals surface area contributed by atoms with Gasteiger partial charge in [-0.25, -0.2) is 4.39 Å². The molecule has 3 rings (SSSR count). The number of benzene rings is 2. The fourth-order valence-corrected chi connectivity index (χ4v) is 2.49. The molecule has 0 aliphatic heterocycles. The van der Waals surface area contributed by atoms with Gasteiger partial charge in [0, 0.05) is 35.6 Å². The molecule has 130 valence electrons. The van der Waals surface area contributed by atoms with Crippen molar-refractivity contribution in [2.75, 3.05) is 13.2 Å². The van der Waals surface area contributed by atoms with Crippen molar-refractivity contribution in [1.82, 2.24) is 10.3 Å². The number of hydrogen-bond donors (Lipinski definition) is 3. The van der Waals surface area contributed by atoms with E-state index >= 15 is 0 Å². The van der Waals surface area contributed by atoms with Crippen LogP contribution in [0, 0.1) is 5.82 Å². The highest BCUT2D eigenvalue weighted by Gasteiger charge is 2.07. The number of pyridine rings is 1. The molecule has 3 aromatic rings. The molecule has 6 heteroatoms. The van der Waals surface area contributed by atoms with E-state index in [0.29, 0.717) is 17.9 Å². The predicted octanol–water partition coefficient (Wildman–Crippen LogP) is 2.20. The van der Waals surface area contributed by atoms with Crippen molar-refractivity contribution in [3.63, 3.8) is 0 Å². The summed E-state index contributed by atoms with van der Waals surface area (Å²) < 4.78 is 19.1. The van der Waals surface area contributed by atoms with E-state index < -0.39 is 6.10 Å². The predicted molar refractivity (Wildman–Crippen MR) is 94.2 cm³/mol. The number of nitrogens with one attached hydrogen (secondary N) is 2. The lowest BCUT2D eigenvalue weighted by Gasteiger charge is -2.14. The number of ether oxygens (including phenoxy) is 1. The minimum atomic E-state index is -0.724. The van der Waals surface area contributed by atoms with Crippen molar-refractivity contribution in [3.8, 4) is 5.75 Å². The quantitative estimate of drug-likeness (QED) is 0.615. The van der Waals surface area contributed by atoms with Crippen LogP contribution in [0.2, 0.25) is 0 Å². The molecule has 0 amide bonds. The Labute approximate surface area is 144 Å². The molecule has 0 aliphatic rings. The van der Waals surface area contributed by atoms with E-state index in [1.807, 2.05) is 0 Å². The highest BCUT2D eigenvalue weighted by Crippen LogP contribution is 2.18. The van der Waals surface area contributed by atoms with E-state index in [1.165, 1.54) is 12.1 Å². The topological polar surface area (TPSA) is 74.3 Å². The molecule has 0 saturated carbocycles. The first kappa shape index (κ1) is 17.1. The van der Waals surface area contributed by atoms with Crippen molar-refractivity contribution in [2.24, 2.45) is 0 Å². The van der Waals surface area contributed by atoms with Crippen LogP contribution in [0.4, 0.5) is 4.39 Å². The van der Waals surface area contributed by atoms with E-state index in [2.05, 4.69) is 10.3 Å². The zero-order valence-electron chi connectivity index (χ0n) is 13.5. The standard InChI is InChI=1S/C19H19FN2O3/c20-17-4-2-1-3-14(17)10-21-11-15(23)12-25-16-6-7-18-13(9-16)5-8-19(24)22-18/h1-9,15,21,23H,10-12H2,(H,22,24). The summed E-state index contributed by atoms with van der Waals surface area (Å²) in [6, 6.07) is 15.0. The van der Waals surface area contributed by atoms with Gasteiger partial charge in [-0.15, -0.1) is 0 Å². The smallest absolute Gasteiger partial charge is 0.248 e. The minimum absolute atomic E-state index is 0.110. The Morgan fingerprint density at radius 3 is 2.84 bits per heavy atom. The van der Waals surface area contributed by atoms with Crippen LogP contribution in [0.1, 0.15) is 5.56 Å². The lowest BCUT2D eigenvalue weighted by atomic mass is 10.2. The summed E-state index contributed by atoms with van der Waals surface area (Å²) >= 11 is 0. The Morgan fingerprint density at radius 2 is 2.00 bits per heavy atom. The largest absolute Gasteiger partial charge is 0.491 e. The summed E-state index contributed by atoms with van der Waals surface area (Å²) in [4.78, 5) is 14.0. The van der Waals surface area contributed by atoms with Crippen LogP contribution in [0.15, 0.2) is 59.4 Å². The van der Waals surface area contributed by atoms with E-state index in [9.17, 15) is 14.3 Å². The van der Waals surface area contributed by atoms with Crippen LogP contribution in [-0.4, -0.2) is 29.3 Å². The Hall–Kier alpha value is -2.70. The summed E-state index contributed by atoms with van der Waals surface area (Å²) in [6.07, 6.45) is -0.724. The van der Waals surface area contributed by atoms with Crippen LogP contribution in [0.25, 0.3) is 10.9 Å². The molecule has 0 bridgehead atoms. The van der Waals surface area contributed by atoms with E-state index in [1.54, 1.807) is 42.5 Å². The molecular formula is C19H19FN2O3. The van der Waals surface area contributed by atoms with E-state index in [0.717, 1.165) is 10.9 Å². The zero-order valence-corrected chi connectivity index (χ0v) is 13.5. The molecule has 0 aliphatic carbocycles. The second-order valence-corrected chi connectivity index (χ2v) is 5.76. The van der Waals surface area contributed by atoms with Gasteiger partial charge in [0.25, 0.3) is 0 Å². The van der Waals surface area contributed by atoms with Crippen LogP contribution >= 0.6 is 0 Å². The van der Waals surface area contributed by atoms with Gasteiger partial charge in [0.05, 0.1) is 0 Å². The number of halogens is 1. The summed E-state index contributed by atoms with van der Waals surface area (Å²) in [5.41, 5.74) is 1.13. The average Bonchev–Trinajstić information content (AvgIpc) is 2.61. The first-order valence-electron chi connectivity index (χ1n) is 8.00. The summed E-state index contributed by atoms with van der Waals surface area (Å²) in [6.45, 7) is 0.738. The Kier molecular flexibility index (Phi) is 5.42. The fourth-order valence-electron chi connectivity index (χ4n) is 2.49. The molecule has 1 unspecified atom stereocenters. The highest BCUT2D eigenvalue weighted by atomic mass is 19.1. The normalized spacial score (nSPS) is 12.2. The third-order valence-electron chi connectivity index (χ3n) is 3.79. The third-order valence-corrected chi connectivity index (χ3v) is 3.79. The molecule has 2 aromatic carbocycles. The second kappa shape index (κ2) is 7.92. The molecule has 0 radical (unpaired) electrons. The van der Waals surface area contributed by atoms with Crippen molar-refractivity contribution in [3.05, 3.63) is 76.3 Å². The Balaban J connectivity index is 1.49. The zero-order chi connectivity index (χ0) is 17.6. The average molecular weight is 342 g/mol. The van der Waals surface area contributed by atoms with Crippen LogP contribution < -0.4 is 15.6 Å². The van der Waals surface area contributed by atoms with E-state index in [-0.39, 0.29) is 24.5 Å². The monoisotopic (exact) mass is 342 g/mol. The molecule has 1 heterocycles. The van der Waals surface area contributed by atoms with Crippen molar-refractivity contribution < 1.29 is 14.2 Å². The van der Waals surface area contributed by atoms with Gasteiger partial charge >= 0.3 is 0 Å². The van der Waals surface area contributed by atoms with Gasteiger partial charge in [-0.3, -0.25) is 4.79 Å². The third kappa shape index (κ3) is 4.65. The Bertz CT molecular complexity index is 910.